The zero-order chi connectivity index (χ0) is 33.5. The summed E-state index contributed by atoms with van der Waals surface area (Å²) < 4.78 is 32.9. The molecule has 0 atom stereocenters. The van der Waals surface area contributed by atoms with Crippen LogP contribution in [-0.2, 0) is 5.92 Å². The fourth-order valence-electron chi connectivity index (χ4n) is 6.22. The first kappa shape index (κ1) is 37.0. The van der Waals surface area contributed by atoms with Crippen molar-refractivity contribution in [1.29, 1.82) is 0 Å². The van der Waals surface area contributed by atoms with E-state index in [1.807, 2.05) is 6.08 Å². The molecule has 5 rings (SSSR count). The number of aromatic nitrogens is 1. The highest BCUT2D eigenvalue weighted by Crippen LogP contribution is 2.44. The van der Waals surface area contributed by atoms with Gasteiger partial charge in [0.25, 0.3) is 5.92 Å². The number of nitrogens with zero attached hydrogens (tertiary/aromatic N) is 3. The Balaban J connectivity index is 0.000000351. The molecular formula is C36H52ClF2N7S. The summed E-state index contributed by atoms with van der Waals surface area (Å²) in [7, 11) is 0. The first-order chi connectivity index (χ1) is 22.8. The van der Waals surface area contributed by atoms with Gasteiger partial charge in [0.15, 0.2) is 0 Å². The van der Waals surface area contributed by atoms with Crippen molar-refractivity contribution in [2.45, 2.75) is 68.6 Å². The number of nitrogens with one attached hydrogen (secondary N) is 4. The molecule has 2 aromatic rings. The van der Waals surface area contributed by atoms with E-state index in [2.05, 4.69) is 79.7 Å². The third-order valence-corrected chi connectivity index (χ3v) is 10.3. The molecular weight excluding hydrogens is 636 g/mol. The number of hydrogen-bond acceptors (Lipinski definition) is 8. The summed E-state index contributed by atoms with van der Waals surface area (Å²) in [6.45, 7) is 17.5. The van der Waals surface area contributed by atoms with E-state index in [9.17, 15) is 0 Å². The number of halogens is 3. The van der Waals surface area contributed by atoms with Crippen molar-refractivity contribution in [2.75, 3.05) is 56.0 Å². The lowest BCUT2D eigenvalue weighted by molar-refractivity contribution is -0.0777. The van der Waals surface area contributed by atoms with E-state index < -0.39 is 11.8 Å². The Bertz CT molecular complexity index is 1260. The maximum atomic E-state index is 15.3. The number of hydrogen-bond donors (Lipinski definition) is 4. The molecule has 11 heteroatoms. The van der Waals surface area contributed by atoms with Gasteiger partial charge in [-0.1, -0.05) is 50.1 Å². The number of anilines is 2. The average Bonchev–Trinajstić information content (AvgIpc) is 3.11. The largest absolute Gasteiger partial charge is 0.385 e. The Labute approximate surface area is 289 Å². The minimum absolute atomic E-state index is 0.00870. The van der Waals surface area contributed by atoms with E-state index in [0.717, 1.165) is 89.3 Å². The van der Waals surface area contributed by atoms with Crippen LogP contribution in [0.1, 0.15) is 63.4 Å². The second kappa shape index (κ2) is 19.3. The molecule has 3 heterocycles. The Morgan fingerprint density at radius 1 is 1.02 bits per heavy atom. The highest BCUT2D eigenvalue weighted by molar-refractivity contribution is 7.97. The zero-order valence-electron chi connectivity index (χ0n) is 27.6. The van der Waals surface area contributed by atoms with Gasteiger partial charge in [0, 0.05) is 72.6 Å². The van der Waals surface area contributed by atoms with E-state index in [-0.39, 0.29) is 10.7 Å². The van der Waals surface area contributed by atoms with E-state index >= 15 is 8.78 Å². The van der Waals surface area contributed by atoms with Gasteiger partial charge in [0.05, 0.1) is 0 Å². The quantitative estimate of drug-likeness (QED) is 0.0520. The van der Waals surface area contributed by atoms with E-state index in [4.69, 9.17) is 11.6 Å². The van der Waals surface area contributed by atoms with Crippen LogP contribution < -0.4 is 26.4 Å². The van der Waals surface area contributed by atoms with Gasteiger partial charge in [-0.15, -0.1) is 6.58 Å². The van der Waals surface area contributed by atoms with Gasteiger partial charge in [-0.3, -0.25) is 0 Å². The van der Waals surface area contributed by atoms with Crippen molar-refractivity contribution in [3.8, 4) is 0 Å². The third-order valence-electron chi connectivity index (χ3n) is 9.02. The SMILES string of the molecule is C=CCCCNc1ccc(SN2CCN(c3cc(C(F)(F)C4CCCCC4)cc(Cl)n3)CC2)cc1.C=CNNC(=C)C1CCNCC1. The molecule has 3 fully saturated rings. The van der Waals surface area contributed by atoms with Crippen molar-refractivity contribution in [1.82, 2.24) is 25.5 Å². The van der Waals surface area contributed by atoms with Crippen molar-refractivity contribution in [3.05, 3.63) is 84.8 Å². The topological polar surface area (TPSA) is 67.5 Å². The van der Waals surface area contributed by atoms with E-state index in [1.54, 1.807) is 24.2 Å². The number of allylic oxidation sites excluding steroid dienone is 2. The molecule has 258 valence electrons. The standard InChI is InChI=1S/C27H35ClF2N4S.C9H17N3/c1-2-3-7-14-31-23-10-12-24(13-11-23)35-34-17-15-33(16-18-34)26-20-22(19-25(28)32-26)27(29,30)21-8-5-4-6-9-21;1-3-11-12-8(2)9-4-6-10-7-5-9/h2,10-13,19-21,31H,1,3-9,14-18H2;3,9-12H,1-2,4-7H2. The van der Waals surface area contributed by atoms with Crippen LogP contribution in [-0.4, -0.2) is 55.1 Å². The van der Waals surface area contributed by atoms with Crippen LogP contribution in [0, 0.1) is 11.8 Å². The summed E-state index contributed by atoms with van der Waals surface area (Å²) in [5, 5.41) is 6.88. The number of piperazine rings is 1. The third kappa shape index (κ3) is 11.7. The number of hydrazine groups is 1. The molecule has 47 heavy (non-hydrogen) atoms. The van der Waals surface area contributed by atoms with Crippen molar-refractivity contribution < 1.29 is 8.78 Å². The molecule has 1 aromatic carbocycles. The highest BCUT2D eigenvalue weighted by atomic mass is 35.5. The van der Waals surface area contributed by atoms with Crippen LogP contribution in [0.25, 0.3) is 0 Å². The summed E-state index contributed by atoms with van der Waals surface area (Å²) in [5.41, 5.74) is 8.05. The molecule has 2 aliphatic heterocycles. The van der Waals surface area contributed by atoms with Gasteiger partial charge in [0.1, 0.15) is 11.0 Å². The molecule has 0 spiro atoms. The second-order valence-corrected chi connectivity index (χ2v) is 14.0. The van der Waals surface area contributed by atoms with Crippen LogP contribution in [0.5, 0.6) is 0 Å². The summed E-state index contributed by atoms with van der Waals surface area (Å²) >= 11 is 7.95. The maximum absolute atomic E-state index is 15.3. The predicted octanol–water partition coefficient (Wildman–Crippen LogP) is 8.35. The minimum Gasteiger partial charge on any atom is -0.385 e. The monoisotopic (exact) mass is 687 g/mol. The summed E-state index contributed by atoms with van der Waals surface area (Å²) in [5.74, 6) is -2.32. The van der Waals surface area contributed by atoms with Gasteiger partial charge in [-0.05, 0) is 100.0 Å². The molecule has 4 N–H and O–H groups in total. The van der Waals surface area contributed by atoms with Crippen LogP contribution in [0.15, 0.2) is 79.0 Å². The van der Waals surface area contributed by atoms with Crippen LogP contribution in [0.3, 0.4) is 0 Å². The lowest BCUT2D eigenvalue weighted by Crippen LogP contribution is -2.44. The predicted molar refractivity (Wildman–Crippen MR) is 195 cm³/mol. The number of benzene rings is 1. The first-order valence-electron chi connectivity index (χ1n) is 17.0. The summed E-state index contributed by atoms with van der Waals surface area (Å²) in [4.78, 5) is 7.65. The number of unbranched alkanes of at least 4 members (excludes halogenated alkanes) is 1. The maximum Gasteiger partial charge on any atom is 0.276 e. The molecule has 1 aliphatic carbocycles. The molecule has 7 nitrogen and oxygen atoms in total. The Hall–Kier alpha value is -2.79. The Morgan fingerprint density at radius 2 is 1.72 bits per heavy atom. The summed E-state index contributed by atoms with van der Waals surface area (Å²) in [6.07, 6.45) is 11.9. The number of rotatable bonds is 14. The molecule has 0 amide bonds. The van der Waals surface area contributed by atoms with E-state index in [0.29, 0.717) is 24.6 Å². The molecule has 0 unspecified atom stereocenters. The van der Waals surface area contributed by atoms with Crippen molar-refractivity contribution >= 4 is 35.1 Å². The fourth-order valence-corrected chi connectivity index (χ4v) is 7.33. The van der Waals surface area contributed by atoms with Crippen LogP contribution in [0.2, 0.25) is 5.15 Å². The van der Waals surface area contributed by atoms with Crippen LogP contribution in [0.4, 0.5) is 20.3 Å². The smallest absolute Gasteiger partial charge is 0.276 e. The number of alkyl halides is 2. The molecule has 0 radical (unpaired) electrons. The minimum atomic E-state index is -2.87. The zero-order valence-corrected chi connectivity index (χ0v) is 29.2. The highest BCUT2D eigenvalue weighted by Gasteiger charge is 2.42. The average molecular weight is 688 g/mol. The number of piperidine rings is 1. The molecule has 0 bridgehead atoms. The van der Waals surface area contributed by atoms with E-state index in [1.165, 1.54) is 23.8 Å². The Kier molecular flexibility index (Phi) is 15.2. The molecule has 1 aromatic heterocycles. The molecule has 2 saturated heterocycles. The molecule has 3 aliphatic rings. The van der Waals surface area contributed by atoms with Crippen molar-refractivity contribution in [2.24, 2.45) is 11.8 Å². The molecule has 1 saturated carbocycles. The Morgan fingerprint density at radius 3 is 2.38 bits per heavy atom. The fraction of sp³-hybridized carbons (Fsp3) is 0.528. The number of pyridine rings is 1. The lowest BCUT2D eigenvalue weighted by Gasteiger charge is -2.35. The van der Waals surface area contributed by atoms with Crippen molar-refractivity contribution in [3.63, 3.8) is 0 Å². The van der Waals surface area contributed by atoms with Gasteiger partial charge < -0.3 is 26.4 Å². The van der Waals surface area contributed by atoms with Gasteiger partial charge in [0.2, 0.25) is 0 Å². The normalized spacial score (nSPS) is 18.1. The van der Waals surface area contributed by atoms with Gasteiger partial charge in [-0.2, -0.15) is 0 Å². The van der Waals surface area contributed by atoms with Crippen LogP contribution >= 0.6 is 23.5 Å². The summed E-state index contributed by atoms with van der Waals surface area (Å²) in [6, 6.07) is 11.4. The second-order valence-electron chi connectivity index (χ2n) is 12.4. The first-order valence-corrected chi connectivity index (χ1v) is 18.2. The van der Waals surface area contributed by atoms with Gasteiger partial charge in [-0.25, -0.2) is 18.1 Å². The van der Waals surface area contributed by atoms with Gasteiger partial charge >= 0.3 is 0 Å². The lowest BCUT2D eigenvalue weighted by atomic mass is 9.82.